The minimum Gasteiger partial charge on any atom is -0.382 e. The first kappa shape index (κ1) is 12.6. The third kappa shape index (κ3) is 2.86. The summed E-state index contributed by atoms with van der Waals surface area (Å²) in [5, 5.41) is 10.7. The molecule has 2 rings (SSSR count). The SMILES string of the molecule is Cc1ccc(C(O)c2ccc(Br)cn2)c(Cl)c1. The van der Waals surface area contributed by atoms with Crippen molar-refractivity contribution < 1.29 is 5.11 Å². The second kappa shape index (κ2) is 5.17. The highest BCUT2D eigenvalue weighted by atomic mass is 79.9. The fourth-order valence-electron chi connectivity index (χ4n) is 1.56. The van der Waals surface area contributed by atoms with Crippen LogP contribution < -0.4 is 0 Å². The maximum Gasteiger partial charge on any atom is 0.122 e. The van der Waals surface area contributed by atoms with Crippen LogP contribution in [0.15, 0.2) is 41.0 Å². The number of nitrogens with zero attached hydrogens (tertiary/aromatic N) is 1. The predicted molar refractivity (Wildman–Crippen MR) is 72.2 cm³/mol. The lowest BCUT2D eigenvalue weighted by Crippen LogP contribution is -2.02. The number of pyridine rings is 1. The van der Waals surface area contributed by atoms with Gasteiger partial charge in [0.1, 0.15) is 6.10 Å². The van der Waals surface area contributed by atoms with Crippen LogP contribution in [0.2, 0.25) is 5.02 Å². The highest BCUT2D eigenvalue weighted by Crippen LogP contribution is 2.28. The van der Waals surface area contributed by atoms with E-state index in [1.165, 1.54) is 0 Å². The zero-order chi connectivity index (χ0) is 12.4. The Kier molecular flexibility index (Phi) is 3.82. The number of halogens is 2. The molecule has 1 aromatic heterocycles. The number of rotatable bonds is 2. The highest BCUT2D eigenvalue weighted by molar-refractivity contribution is 9.10. The van der Waals surface area contributed by atoms with Gasteiger partial charge in [0, 0.05) is 21.3 Å². The Morgan fingerprint density at radius 3 is 2.65 bits per heavy atom. The van der Waals surface area contributed by atoms with Crippen LogP contribution in [0, 0.1) is 6.92 Å². The quantitative estimate of drug-likeness (QED) is 0.912. The fourth-order valence-corrected chi connectivity index (χ4v) is 2.14. The molecule has 2 nitrogen and oxygen atoms in total. The van der Waals surface area contributed by atoms with E-state index in [2.05, 4.69) is 20.9 Å². The van der Waals surface area contributed by atoms with Crippen LogP contribution in [0.5, 0.6) is 0 Å². The summed E-state index contributed by atoms with van der Waals surface area (Å²) in [5.74, 6) is 0. The van der Waals surface area contributed by atoms with Gasteiger partial charge in [-0.3, -0.25) is 4.98 Å². The summed E-state index contributed by atoms with van der Waals surface area (Å²) in [4.78, 5) is 4.16. The largest absolute Gasteiger partial charge is 0.382 e. The lowest BCUT2D eigenvalue weighted by Gasteiger charge is -2.12. The monoisotopic (exact) mass is 311 g/mol. The smallest absolute Gasteiger partial charge is 0.122 e. The van der Waals surface area contributed by atoms with Crippen LogP contribution in [-0.2, 0) is 0 Å². The van der Waals surface area contributed by atoms with Gasteiger partial charge in [0.2, 0.25) is 0 Å². The number of aromatic nitrogens is 1. The van der Waals surface area contributed by atoms with Crippen LogP contribution in [0.4, 0.5) is 0 Å². The van der Waals surface area contributed by atoms with Crippen molar-refractivity contribution in [2.24, 2.45) is 0 Å². The van der Waals surface area contributed by atoms with Crippen LogP contribution in [0.1, 0.15) is 22.9 Å². The summed E-state index contributed by atoms with van der Waals surface area (Å²) < 4.78 is 0.878. The van der Waals surface area contributed by atoms with Gasteiger partial charge in [-0.2, -0.15) is 0 Å². The van der Waals surface area contributed by atoms with Gasteiger partial charge < -0.3 is 5.11 Å². The molecule has 0 spiro atoms. The molecule has 0 aliphatic heterocycles. The predicted octanol–water partition coefficient (Wildman–Crippen LogP) is 3.89. The zero-order valence-electron chi connectivity index (χ0n) is 9.19. The lowest BCUT2D eigenvalue weighted by atomic mass is 10.0. The molecule has 1 N–H and O–H groups in total. The van der Waals surface area contributed by atoms with Gasteiger partial charge in [-0.25, -0.2) is 0 Å². The summed E-state index contributed by atoms with van der Waals surface area (Å²) >= 11 is 9.41. The molecular formula is C13H11BrClNO. The highest BCUT2D eigenvalue weighted by Gasteiger charge is 2.14. The van der Waals surface area contributed by atoms with E-state index in [9.17, 15) is 5.11 Å². The van der Waals surface area contributed by atoms with Crippen molar-refractivity contribution in [3.8, 4) is 0 Å². The third-order valence-electron chi connectivity index (χ3n) is 2.48. The first-order chi connectivity index (χ1) is 8.08. The Labute approximate surface area is 113 Å². The number of aryl methyl sites for hydroxylation is 1. The molecule has 0 amide bonds. The first-order valence-corrected chi connectivity index (χ1v) is 6.30. The van der Waals surface area contributed by atoms with Gasteiger partial charge in [-0.1, -0.05) is 23.7 Å². The third-order valence-corrected chi connectivity index (χ3v) is 3.28. The molecule has 2 aromatic rings. The normalized spacial score (nSPS) is 12.5. The summed E-state index contributed by atoms with van der Waals surface area (Å²) in [6.07, 6.45) is 0.858. The molecule has 0 bridgehead atoms. The minimum atomic E-state index is -0.795. The van der Waals surface area contributed by atoms with Crippen molar-refractivity contribution in [1.82, 2.24) is 4.98 Å². The molecule has 0 aliphatic rings. The van der Waals surface area contributed by atoms with Crippen molar-refractivity contribution in [2.45, 2.75) is 13.0 Å². The summed E-state index contributed by atoms with van der Waals surface area (Å²) in [6.45, 7) is 1.96. The molecule has 1 atom stereocenters. The van der Waals surface area contributed by atoms with Gasteiger partial charge in [-0.05, 0) is 46.6 Å². The van der Waals surface area contributed by atoms with Gasteiger partial charge in [0.25, 0.3) is 0 Å². The van der Waals surface area contributed by atoms with Crippen molar-refractivity contribution in [3.05, 3.63) is 62.8 Å². The van der Waals surface area contributed by atoms with E-state index < -0.39 is 6.10 Å². The number of aliphatic hydroxyl groups excluding tert-OH is 1. The van der Waals surface area contributed by atoms with Gasteiger partial charge in [0.05, 0.1) is 5.69 Å². The fraction of sp³-hybridized carbons (Fsp3) is 0.154. The van der Waals surface area contributed by atoms with E-state index in [-0.39, 0.29) is 0 Å². The van der Waals surface area contributed by atoms with Gasteiger partial charge >= 0.3 is 0 Å². The number of hydrogen-bond donors (Lipinski definition) is 1. The van der Waals surface area contributed by atoms with Crippen LogP contribution in [-0.4, -0.2) is 10.1 Å². The van der Waals surface area contributed by atoms with Crippen molar-refractivity contribution >= 4 is 27.5 Å². The van der Waals surface area contributed by atoms with Gasteiger partial charge in [-0.15, -0.1) is 0 Å². The molecule has 17 heavy (non-hydrogen) atoms. The van der Waals surface area contributed by atoms with E-state index in [0.717, 1.165) is 10.0 Å². The Morgan fingerprint density at radius 1 is 1.29 bits per heavy atom. The van der Waals surface area contributed by atoms with Crippen LogP contribution in [0.3, 0.4) is 0 Å². The topological polar surface area (TPSA) is 33.1 Å². The van der Waals surface area contributed by atoms with Crippen molar-refractivity contribution in [3.63, 3.8) is 0 Å². The summed E-state index contributed by atoms with van der Waals surface area (Å²) in [7, 11) is 0. The molecule has 1 unspecified atom stereocenters. The number of hydrogen-bond acceptors (Lipinski definition) is 2. The van der Waals surface area contributed by atoms with E-state index >= 15 is 0 Å². The minimum absolute atomic E-state index is 0.558. The molecule has 0 radical (unpaired) electrons. The maximum atomic E-state index is 10.2. The second-order valence-electron chi connectivity index (χ2n) is 3.83. The average Bonchev–Trinajstić information content (AvgIpc) is 2.29. The molecule has 1 heterocycles. The second-order valence-corrected chi connectivity index (χ2v) is 5.15. The van der Waals surface area contributed by atoms with E-state index in [1.807, 2.05) is 31.2 Å². The van der Waals surface area contributed by atoms with Crippen molar-refractivity contribution in [2.75, 3.05) is 0 Å². The molecule has 0 saturated carbocycles. The van der Waals surface area contributed by atoms with E-state index in [1.54, 1.807) is 12.3 Å². The zero-order valence-corrected chi connectivity index (χ0v) is 11.5. The first-order valence-electron chi connectivity index (χ1n) is 5.13. The lowest BCUT2D eigenvalue weighted by molar-refractivity contribution is 0.215. The Morgan fingerprint density at radius 2 is 2.06 bits per heavy atom. The molecular weight excluding hydrogens is 302 g/mol. The van der Waals surface area contributed by atoms with Crippen LogP contribution >= 0.6 is 27.5 Å². The molecule has 88 valence electrons. The van der Waals surface area contributed by atoms with Gasteiger partial charge in [0.15, 0.2) is 0 Å². The van der Waals surface area contributed by atoms with E-state index in [0.29, 0.717) is 16.3 Å². The van der Waals surface area contributed by atoms with Crippen LogP contribution in [0.25, 0.3) is 0 Å². The molecule has 0 aliphatic carbocycles. The Balaban J connectivity index is 2.36. The summed E-state index contributed by atoms with van der Waals surface area (Å²) in [6, 6.07) is 9.19. The molecule has 0 fully saturated rings. The average molecular weight is 313 g/mol. The Bertz CT molecular complexity index is 527. The van der Waals surface area contributed by atoms with Crippen molar-refractivity contribution in [1.29, 1.82) is 0 Å². The standard InChI is InChI=1S/C13H11BrClNO/c1-8-2-4-10(11(15)6-8)13(17)12-5-3-9(14)7-16-12/h2-7,13,17H,1H3. The van der Waals surface area contributed by atoms with E-state index in [4.69, 9.17) is 11.6 Å². The summed E-state index contributed by atoms with van der Waals surface area (Å²) in [5.41, 5.74) is 2.32. The molecule has 0 saturated heterocycles. The number of benzene rings is 1. The maximum absolute atomic E-state index is 10.2. The molecule has 4 heteroatoms. The molecule has 1 aromatic carbocycles. The number of aliphatic hydroxyl groups is 1. The Hall–Kier alpha value is -0.900.